The van der Waals surface area contributed by atoms with Crippen molar-refractivity contribution in [3.63, 3.8) is 0 Å². The third-order valence-electron chi connectivity index (χ3n) is 4.70. The summed E-state index contributed by atoms with van der Waals surface area (Å²) in [5.41, 5.74) is 3.08. The SMILES string of the molecule is Cc1cc2c(cc1S(=O)(=O)C=C(Cl)Cl)C(C)(C)CCC2(C)C. The van der Waals surface area contributed by atoms with Crippen molar-refractivity contribution in [3.05, 3.63) is 38.7 Å². The van der Waals surface area contributed by atoms with Crippen LogP contribution in [0.25, 0.3) is 0 Å². The number of benzene rings is 1. The standard InChI is InChI=1S/C17H22Cl2O2S/c1-11-8-12-13(17(4,5)7-6-16(12,2)3)9-14(11)22(20,21)10-15(18)19/h8-10H,6-7H2,1-5H3. The van der Waals surface area contributed by atoms with Gasteiger partial charge in [0.1, 0.15) is 4.49 Å². The average molecular weight is 361 g/mol. The zero-order valence-corrected chi connectivity index (χ0v) is 16.0. The number of rotatable bonds is 2. The minimum atomic E-state index is -3.64. The molecule has 0 heterocycles. The Balaban J connectivity index is 2.76. The maximum atomic E-state index is 12.5. The van der Waals surface area contributed by atoms with Gasteiger partial charge in [0.15, 0.2) is 0 Å². The second-order valence-corrected chi connectivity index (χ2v) is 10.2. The molecule has 122 valence electrons. The van der Waals surface area contributed by atoms with Crippen molar-refractivity contribution in [2.24, 2.45) is 0 Å². The number of halogens is 2. The second-order valence-electron chi connectivity index (χ2n) is 7.38. The van der Waals surface area contributed by atoms with E-state index in [1.807, 2.05) is 19.1 Å². The first-order chi connectivity index (χ1) is 9.87. The minimum absolute atomic E-state index is 0.0443. The number of aryl methyl sites for hydroxylation is 1. The molecule has 0 N–H and O–H groups in total. The zero-order chi connectivity index (χ0) is 16.9. The van der Waals surface area contributed by atoms with E-state index in [1.54, 1.807) is 0 Å². The predicted molar refractivity (Wildman–Crippen MR) is 93.4 cm³/mol. The number of sulfone groups is 1. The van der Waals surface area contributed by atoms with Crippen molar-refractivity contribution in [1.29, 1.82) is 0 Å². The summed E-state index contributed by atoms with van der Waals surface area (Å²) in [6, 6.07) is 3.83. The van der Waals surface area contributed by atoms with Crippen LogP contribution in [-0.2, 0) is 20.7 Å². The van der Waals surface area contributed by atoms with Crippen LogP contribution in [-0.4, -0.2) is 8.42 Å². The smallest absolute Gasteiger partial charge is 0.202 e. The van der Waals surface area contributed by atoms with Crippen LogP contribution in [0.15, 0.2) is 26.9 Å². The summed E-state index contributed by atoms with van der Waals surface area (Å²) in [4.78, 5) is 0.288. The van der Waals surface area contributed by atoms with Crippen molar-refractivity contribution in [3.8, 4) is 0 Å². The van der Waals surface area contributed by atoms with Gasteiger partial charge < -0.3 is 0 Å². The molecule has 0 bridgehead atoms. The fraction of sp³-hybridized carbons (Fsp3) is 0.529. The van der Waals surface area contributed by atoms with Gasteiger partial charge in [-0.3, -0.25) is 0 Å². The van der Waals surface area contributed by atoms with Crippen LogP contribution in [0.3, 0.4) is 0 Å². The molecule has 0 radical (unpaired) electrons. The zero-order valence-electron chi connectivity index (χ0n) is 13.6. The summed E-state index contributed by atoms with van der Waals surface area (Å²) in [5.74, 6) is 0. The number of fused-ring (bicyclic) bond motifs is 1. The van der Waals surface area contributed by atoms with Gasteiger partial charge in [-0.25, -0.2) is 8.42 Å². The fourth-order valence-electron chi connectivity index (χ4n) is 3.19. The Labute approximate surface area is 143 Å². The van der Waals surface area contributed by atoms with Crippen molar-refractivity contribution in [2.45, 2.75) is 63.2 Å². The molecule has 1 aliphatic rings. The Hall–Kier alpha value is -0.510. The molecule has 2 rings (SSSR count). The largest absolute Gasteiger partial charge is 0.219 e. The first kappa shape index (κ1) is 17.8. The van der Waals surface area contributed by atoms with Gasteiger partial charge in [0, 0.05) is 0 Å². The van der Waals surface area contributed by atoms with Gasteiger partial charge in [-0.2, -0.15) is 0 Å². The molecule has 0 fully saturated rings. The predicted octanol–water partition coefficient (Wildman–Crippen LogP) is 5.39. The van der Waals surface area contributed by atoms with E-state index in [1.165, 1.54) is 5.56 Å². The van der Waals surface area contributed by atoms with E-state index in [4.69, 9.17) is 23.2 Å². The van der Waals surface area contributed by atoms with Gasteiger partial charge in [-0.15, -0.1) is 0 Å². The monoisotopic (exact) mass is 360 g/mol. The lowest BCUT2D eigenvalue weighted by molar-refractivity contribution is 0.331. The van der Waals surface area contributed by atoms with Crippen LogP contribution >= 0.6 is 23.2 Å². The van der Waals surface area contributed by atoms with E-state index >= 15 is 0 Å². The van der Waals surface area contributed by atoms with E-state index in [0.717, 1.165) is 29.4 Å². The molecule has 1 aromatic carbocycles. The molecule has 2 nitrogen and oxygen atoms in total. The third kappa shape index (κ3) is 3.22. The highest BCUT2D eigenvalue weighted by Crippen LogP contribution is 2.47. The quantitative estimate of drug-likeness (QED) is 0.707. The molecule has 0 saturated carbocycles. The molecule has 1 aromatic rings. The summed E-state index contributed by atoms with van der Waals surface area (Å²) in [5, 5.41) is 0.909. The first-order valence-electron chi connectivity index (χ1n) is 7.30. The molecule has 0 aliphatic heterocycles. The van der Waals surface area contributed by atoms with Gasteiger partial charge in [0.05, 0.1) is 10.3 Å². The Kier molecular flexibility index (Phi) is 4.49. The Morgan fingerprint density at radius 2 is 1.50 bits per heavy atom. The van der Waals surface area contributed by atoms with Crippen LogP contribution in [0.2, 0.25) is 0 Å². The highest BCUT2D eigenvalue weighted by atomic mass is 35.5. The van der Waals surface area contributed by atoms with Gasteiger partial charge in [-0.1, -0.05) is 57.0 Å². The van der Waals surface area contributed by atoms with Gasteiger partial charge in [-0.05, 0) is 53.4 Å². The highest BCUT2D eigenvalue weighted by Gasteiger charge is 2.38. The molecule has 1 aliphatic carbocycles. The third-order valence-corrected chi connectivity index (χ3v) is 6.77. The minimum Gasteiger partial charge on any atom is -0.219 e. The van der Waals surface area contributed by atoms with E-state index in [-0.39, 0.29) is 20.2 Å². The first-order valence-corrected chi connectivity index (χ1v) is 9.60. The van der Waals surface area contributed by atoms with Crippen LogP contribution in [0.1, 0.15) is 57.2 Å². The van der Waals surface area contributed by atoms with Gasteiger partial charge in [0.25, 0.3) is 0 Å². The lowest BCUT2D eigenvalue weighted by atomic mass is 9.63. The van der Waals surface area contributed by atoms with Crippen LogP contribution in [0.4, 0.5) is 0 Å². The molecular weight excluding hydrogens is 339 g/mol. The van der Waals surface area contributed by atoms with E-state index < -0.39 is 9.84 Å². The lowest BCUT2D eigenvalue weighted by Crippen LogP contribution is -2.34. The van der Waals surface area contributed by atoms with Crippen molar-refractivity contribution < 1.29 is 8.42 Å². The van der Waals surface area contributed by atoms with Crippen LogP contribution in [0, 0.1) is 6.92 Å². The normalized spacial score (nSPS) is 19.4. The molecular formula is C17H22Cl2O2S. The molecule has 22 heavy (non-hydrogen) atoms. The summed E-state index contributed by atoms with van der Waals surface area (Å²) in [6.45, 7) is 10.6. The molecule has 0 unspecified atom stereocenters. The second kappa shape index (κ2) is 5.54. The molecule has 5 heteroatoms. The van der Waals surface area contributed by atoms with E-state index in [0.29, 0.717) is 0 Å². The maximum Gasteiger partial charge on any atom is 0.202 e. The van der Waals surface area contributed by atoms with Crippen molar-refractivity contribution in [1.82, 2.24) is 0 Å². The molecule has 0 aromatic heterocycles. The Morgan fingerprint density at radius 3 is 1.95 bits per heavy atom. The average Bonchev–Trinajstić information content (AvgIpc) is 2.33. The summed E-state index contributed by atoms with van der Waals surface area (Å²) in [7, 11) is -3.64. The fourth-order valence-corrected chi connectivity index (χ4v) is 5.04. The van der Waals surface area contributed by atoms with Crippen molar-refractivity contribution in [2.75, 3.05) is 0 Å². The maximum absolute atomic E-state index is 12.5. The topological polar surface area (TPSA) is 34.1 Å². The number of hydrogen-bond donors (Lipinski definition) is 0. The van der Waals surface area contributed by atoms with Gasteiger partial charge >= 0.3 is 0 Å². The Bertz CT molecular complexity index is 740. The van der Waals surface area contributed by atoms with Crippen molar-refractivity contribution >= 4 is 33.0 Å². The number of hydrogen-bond acceptors (Lipinski definition) is 2. The molecule has 0 amide bonds. The summed E-state index contributed by atoms with van der Waals surface area (Å²) >= 11 is 11.1. The summed E-state index contributed by atoms with van der Waals surface area (Å²) in [6.07, 6.45) is 2.12. The highest BCUT2D eigenvalue weighted by molar-refractivity contribution is 7.94. The van der Waals surface area contributed by atoms with Gasteiger partial charge in [0.2, 0.25) is 9.84 Å². The lowest BCUT2D eigenvalue weighted by Gasteiger charge is -2.42. The molecule has 0 atom stereocenters. The van der Waals surface area contributed by atoms with Crippen LogP contribution < -0.4 is 0 Å². The molecule has 0 spiro atoms. The van der Waals surface area contributed by atoms with E-state index in [2.05, 4.69) is 27.7 Å². The Morgan fingerprint density at radius 1 is 1.05 bits per heavy atom. The molecule has 0 saturated heterocycles. The van der Waals surface area contributed by atoms with E-state index in [9.17, 15) is 8.42 Å². The summed E-state index contributed by atoms with van der Waals surface area (Å²) < 4.78 is 24.7. The van der Waals surface area contributed by atoms with Crippen LogP contribution in [0.5, 0.6) is 0 Å².